The summed E-state index contributed by atoms with van der Waals surface area (Å²) in [6, 6.07) is 3.26. The molecule has 3 aliphatic carbocycles. The molecule has 4 nitrogen and oxygen atoms in total. The van der Waals surface area contributed by atoms with Crippen molar-refractivity contribution in [2.75, 3.05) is 13.2 Å². The predicted octanol–water partition coefficient (Wildman–Crippen LogP) is 4.38. The zero-order valence-corrected chi connectivity index (χ0v) is 17.6. The molecule has 0 bridgehead atoms. The highest BCUT2D eigenvalue weighted by molar-refractivity contribution is 6.73. The van der Waals surface area contributed by atoms with Crippen molar-refractivity contribution >= 4 is 14.1 Å². The van der Waals surface area contributed by atoms with Crippen LogP contribution in [0.4, 0.5) is 0 Å². The summed E-state index contributed by atoms with van der Waals surface area (Å²) in [6.07, 6.45) is 6.81. The molecule has 5 heteroatoms. The minimum atomic E-state index is -1.88. The molecule has 0 aromatic carbocycles. The van der Waals surface area contributed by atoms with Gasteiger partial charge in [-0.1, -0.05) is 38.8 Å². The number of carbonyl (C=O) groups excluding carboxylic acids is 1. The first kappa shape index (κ1) is 18.6. The van der Waals surface area contributed by atoms with Crippen molar-refractivity contribution in [3.05, 3.63) is 23.3 Å². The maximum absolute atomic E-state index is 12.7. The zero-order chi connectivity index (χ0) is 18.6. The van der Waals surface area contributed by atoms with Crippen LogP contribution in [0.2, 0.25) is 18.1 Å². The van der Waals surface area contributed by atoms with Crippen molar-refractivity contribution in [2.45, 2.75) is 77.0 Å². The van der Waals surface area contributed by atoms with Gasteiger partial charge in [-0.3, -0.25) is 4.79 Å². The Hall–Kier alpha value is -0.753. The molecule has 0 aromatic heterocycles. The lowest BCUT2D eigenvalue weighted by Gasteiger charge is -2.61. The monoisotopic (exact) mass is 376 g/mol. The molecule has 144 valence electrons. The van der Waals surface area contributed by atoms with Crippen molar-refractivity contribution in [1.82, 2.24) is 0 Å². The fraction of sp³-hybridized carbons (Fsp3) is 0.762. The second-order valence-electron chi connectivity index (χ2n) is 8.37. The Morgan fingerprint density at radius 2 is 1.77 bits per heavy atom. The molecule has 1 saturated carbocycles. The number of rotatable bonds is 5. The Balaban J connectivity index is 1.85. The third kappa shape index (κ3) is 2.20. The number of hydrogen-bond acceptors (Lipinski definition) is 4. The number of carbonyl (C=O) groups is 1. The van der Waals surface area contributed by atoms with Gasteiger partial charge in [-0.15, -0.1) is 0 Å². The summed E-state index contributed by atoms with van der Waals surface area (Å²) in [7, 11) is -1.88. The van der Waals surface area contributed by atoms with E-state index in [9.17, 15) is 4.79 Å². The molecule has 2 spiro atoms. The molecule has 0 N–H and O–H groups in total. The number of ketones is 1. The Morgan fingerprint density at radius 1 is 1.15 bits per heavy atom. The molecule has 26 heavy (non-hydrogen) atoms. The number of allylic oxidation sites excluding steroid dienone is 1. The van der Waals surface area contributed by atoms with Crippen molar-refractivity contribution in [3.63, 3.8) is 0 Å². The van der Waals surface area contributed by atoms with Crippen LogP contribution < -0.4 is 0 Å². The molecule has 2 fully saturated rings. The first-order valence-corrected chi connectivity index (χ1v) is 12.9. The fourth-order valence-corrected chi connectivity index (χ4v) is 8.64. The van der Waals surface area contributed by atoms with Gasteiger partial charge in [0, 0.05) is 16.9 Å². The van der Waals surface area contributed by atoms with Crippen molar-refractivity contribution in [2.24, 2.45) is 11.3 Å². The maximum atomic E-state index is 12.7. The Labute approximate surface area is 158 Å². The second-order valence-corrected chi connectivity index (χ2v) is 13.1. The minimum Gasteiger partial charge on any atom is -0.407 e. The van der Waals surface area contributed by atoms with Crippen LogP contribution in [0.3, 0.4) is 0 Å². The Bertz CT molecular complexity index is 643. The van der Waals surface area contributed by atoms with Gasteiger partial charge in [0.05, 0.1) is 13.2 Å². The third-order valence-corrected chi connectivity index (χ3v) is 12.4. The average Bonchev–Trinajstić information content (AvgIpc) is 3.23. The van der Waals surface area contributed by atoms with E-state index in [0.29, 0.717) is 13.2 Å². The van der Waals surface area contributed by atoms with Crippen LogP contribution in [0.5, 0.6) is 0 Å². The van der Waals surface area contributed by atoms with E-state index in [-0.39, 0.29) is 23.2 Å². The summed E-state index contributed by atoms with van der Waals surface area (Å²) in [5.41, 5.74) is 1.98. The SMILES string of the molecule is CC[Si](CC)(CC)O[C@@H]1[C@@H]2C=CC(=O)C2=C(C)C2(CCC2)C12OCCO2. The highest BCUT2D eigenvalue weighted by Gasteiger charge is 2.69. The van der Waals surface area contributed by atoms with Crippen LogP contribution in [0.1, 0.15) is 47.0 Å². The first-order valence-electron chi connectivity index (χ1n) is 10.4. The highest BCUT2D eigenvalue weighted by Crippen LogP contribution is 2.65. The molecule has 1 heterocycles. The van der Waals surface area contributed by atoms with Crippen LogP contribution in [0.25, 0.3) is 0 Å². The van der Waals surface area contributed by atoms with Gasteiger partial charge in [0.15, 0.2) is 14.1 Å². The minimum absolute atomic E-state index is 0.0247. The maximum Gasteiger partial charge on any atom is 0.204 e. The molecule has 0 radical (unpaired) electrons. The summed E-state index contributed by atoms with van der Waals surface area (Å²) in [4.78, 5) is 12.7. The first-order chi connectivity index (χ1) is 12.5. The number of hydrogen-bond donors (Lipinski definition) is 0. The van der Waals surface area contributed by atoms with Crippen LogP contribution >= 0.6 is 0 Å². The summed E-state index contributed by atoms with van der Waals surface area (Å²) in [6.45, 7) is 10.1. The lowest BCUT2D eigenvalue weighted by molar-refractivity contribution is -0.300. The van der Waals surface area contributed by atoms with E-state index in [1.807, 2.05) is 6.08 Å². The van der Waals surface area contributed by atoms with Gasteiger partial charge in [0.25, 0.3) is 0 Å². The van der Waals surface area contributed by atoms with E-state index in [0.717, 1.165) is 43.0 Å². The molecule has 4 aliphatic rings. The van der Waals surface area contributed by atoms with Crippen LogP contribution in [-0.2, 0) is 18.7 Å². The van der Waals surface area contributed by atoms with Crippen molar-refractivity contribution < 1.29 is 18.7 Å². The predicted molar refractivity (Wildman–Crippen MR) is 103 cm³/mol. The van der Waals surface area contributed by atoms with Crippen LogP contribution in [-0.4, -0.2) is 39.2 Å². The molecule has 1 aliphatic heterocycles. The Morgan fingerprint density at radius 3 is 2.27 bits per heavy atom. The summed E-state index contributed by atoms with van der Waals surface area (Å²) >= 11 is 0. The van der Waals surface area contributed by atoms with Gasteiger partial charge in [0.1, 0.15) is 6.10 Å². The number of fused-ring (bicyclic) bond motifs is 2. The number of ether oxygens (including phenoxy) is 2. The average molecular weight is 377 g/mol. The van der Waals surface area contributed by atoms with E-state index < -0.39 is 14.1 Å². The van der Waals surface area contributed by atoms with Crippen LogP contribution in [0.15, 0.2) is 23.3 Å². The molecule has 0 unspecified atom stereocenters. The summed E-state index contributed by atoms with van der Waals surface area (Å²) < 4.78 is 19.9. The molecular weight excluding hydrogens is 344 g/mol. The standard InChI is InChI=1S/C21H32O4Si/c1-5-26(6-2,7-3)25-19-16-9-10-17(22)18(16)15(4)20(11-8-12-20)21(19)23-13-14-24-21/h9-10,16,19H,5-8,11-14H2,1-4H3/t16-,19-/m1/s1. The molecular formula is C21H32O4Si. The van der Waals surface area contributed by atoms with Gasteiger partial charge in [0.2, 0.25) is 5.79 Å². The van der Waals surface area contributed by atoms with Gasteiger partial charge in [-0.2, -0.15) is 0 Å². The lowest BCUT2D eigenvalue weighted by atomic mass is 9.52. The third-order valence-electron chi connectivity index (χ3n) is 7.78. The van der Waals surface area contributed by atoms with Gasteiger partial charge in [-0.25, -0.2) is 0 Å². The van der Waals surface area contributed by atoms with Gasteiger partial charge < -0.3 is 13.9 Å². The van der Waals surface area contributed by atoms with E-state index >= 15 is 0 Å². The van der Waals surface area contributed by atoms with E-state index in [1.54, 1.807) is 6.08 Å². The molecule has 2 atom stereocenters. The molecule has 0 aromatic rings. The van der Waals surface area contributed by atoms with Gasteiger partial charge >= 0.3 is 0 Å². The molecule has 4 rings (SSSR count). The quantitative estimate of drug-likeness (QED) is 0.668. The van der Waals surface area contributed by atoms with E-state index in [2.05, 4.69) is 27.7 Å². The fourth-order valence-electron chi connectivity index (χ4n) is 5.80. The largest absolute Gasteiger partial charge is 0.407 e. The summed E-state index contributed by atoms with van der Waals surface area (Å²) in [5, 5.41) is 0. The van der Waals surface area contributed by atoms with Crippen LogP contribution in [0, 0.1) is 11.3 Å². The molecule has 1 saturated heterocycles. The summed E-state index contributed by atoms with van der Waals surface area (Å²) in [5.74, 6) is -0.573. The van der Waals surface area contributed by atoms with Crippen molar-refractivity contribution in [3.8, 4) is 0 Å². The van der Waals surface area contributed by atoms with Crippen molar-refractivity contribution in [1.29, 1.82) is 0 Å². The highest BCUT2D eigenvalue weighted by atomic mass is 28.4. The van der Waals surface area contributed by atoms with E-state index in [1.165, 1.54) is 5.57 Å². The van der Waals surface area contributed by atoms with E-state index in [4.69, 9.17) is 13.9 Å². The smallest absolute Gasteiger partial charge is 0.204 e. The molecule has 0 amide bonds. The normalized spacial score (nSPS) is 31.8. The lowest BCUT2D eigenvalue weighted by Crippen LogP contribution is -2.67. The second kappa shape index (κ2) is 6.40. The van der Waals surface area contributed by atoms with Gasteiger partial charge in [-0.05, 0) is 44.0 Å². The Kier molecular flexibility index (Phi) is 4.58. The zero-order valence-electron chi connectivity index (χ0n) is 16.6. The topological polar surface area (TPSA) is 44.8 Å².